The van der Waals surface area contributed by atoms with Crippen LogP contribution < -0.4 is 4.74 Å². The van der Waals surface area contributed by atoms with Crippen LogP contribution in [0.15, 0.2) is 18.2 Å². The largest absolute Gasteiger partial charge is 0.514 e. The molecule has 0 bridgehead atoms. The summed E-state index contributed by atoms with van der Waals surface area (Å²) in [7, 11) is 0. The molecular formula is C11H13ClO4. The molecule has 0 aliphatic heterocycles. The monoisotopic (exact) mass is 244 g/mol. The van der Waals surface area contributed by atoms with Gasteiger partial charge in [-0.3, -0.25) is 0 Å². The Morgan fingerprint density at radius 2 is 2.19 bits per heavy atom. The number of aliphatic hydroxyl groups is 1. The zero-order valence-electron chi connectivity index (χ0n) is 9.07. The second-order valence-corrected chi connectivity index (χ2v) is 3.85. The highest BCUT2D eigenvalue weighted by Crippen LogP contribution is 2.25. The topological polar surface area (TPSA) is 55.8 Å². The van der Waals surface area contributed by atoms with Crippen LogP contribution in [0.1, 0.15) is 19.4 Å². The Bertz CT molecular complexity index is 376. The minimum absolute atomic E-state index is 0.115. The van der Waals surface area contributed by atoms with Crippen molar-refractivity contribution in [3.8, 4) is 5.75 Å². The van der Waals surface area contributed by atoms with E-state index in [0.717, 1.165) is 0 Å². The molecule has 0 radical (unpaired) electrons. The number of hydrogen-bond acceptors (Lipinski definition) is 4. The van der Waals surface area contributed by atoms with E-state index in [1.807, 2.05) is 0 Å². The van der Waals surface area contributed by atoms with Gasteiger partial charge in [0.05, 0.1) is 17.7 Å². The molecule has 5 heteroatoms. The maximum absolute atomic E-state index is 11.2. The van der Waals surface area contributed by atoms with E-state index in [1.165, 1.54) is 12.1 Å². The highest BCUT2D eigenvalue weighted by atomic mass is 35.5. The fourth-order valence-corrected chi connectivity index (χ4v) is 1.27. The summed E-state index contributed by atoms with van der Waals surface area (Å²) in [6, 6.07) is 4.65. The van der Waals surface area contributed by atoms with E-state index in [-0.39, 0.29) is 23.5 Å². The number of carbonyl (C=O) groups is 1. The maximum Gasteiger partial charge on any atom is 0.514 e. The summed E-state index contributed by atoms with van der Waals surface area (Å²) in [5, 5.41) is 9.12. The first-order valence-electron chi connectivity index (χ1n) is 4.80. The van der Waals surface area contributed by atoms with E-state index in [4.69, 9.17) is 26.2 Å². The molecule has 0 saturated carbocycles. The van der Waals surface area contributed by atoms with Crippen molar-refractivity contribution in [1.82, 2.24) is 0 Å². The Hall–Kier alpha value is -1.26. The lowest BCUT2D eigenvalue weighted by Crippen LogP contribution is -2.15. The number of carbonyl (C=O) groups excluding carboxylic acids is 1. The van der Waals surface area contributed by atoms with Crippen molar-refractivity contribution in [2.24, 2.45) is 0 Å². The number of aliphatic hydroxyl groups excluding tert-OH is 1. The summed E-state index contributed by atoms with van der Waals surface area (Å²) in [5.41, 5.74) is 0.648. The molecule has 1 aromatic rings. The molecule has 4 nitrogen and oxygen atoms in total. The van der Waals surface area contributed by atoms with Crippen molar-refractivity contribution in [3.05, 3.63) is 28.8 Å². The number of benzene rings is 1. The van der Waals surface area contributed by atoms with Crippen LogP contribution in [0.5, 0.6) is 5.75 Å². The summed E-state index contributed by atoms with van der Waals surface area (Å²) >= 11 is 5.84. The van der Waals surface area contributed by atoms with Crippen LogP contribution >= 0.6 is 11.6 Å². The standard InChI is InChI=1S/C11H13ClO4/c1-7(2)15-11(14)16-10-4-3-8(6-13)5-9(10)12/h3-5,7,13H,6H2,1-2H3. The summed E-state index contributed by atoms with van der Waals surface area (Å²) in [5.74, 6) is 0.213. The first-order valence-corrected chi connectivity index (χ1v) is 5.18. The third kappa shape index (κ3) is 3.72. The molecule has 0 fully saturated rings. The molecule has 0 heterocycles. The van der Waals surface area contributed by atoms with Crippen LogP contribution in [0.4, 0.5) is 4.79 Å². The summed E-state index contributed by atoms with van der Waals surface area (Å²) in [4.78, 5) is 11.2. The Balaban J connectivity index is 2.70. The van der Waals surface area contributed by atoms with Crippen LogP contribution in [-0.4, -0.2) is 17.4 Å². The van der Waals surface area contributed by atoms with Gasteiger partial charge < -0.3 is 14.6 Å². The summed E-state index contributed by atoms with van der Waals surface area (Å²) in [6.45, 7) is 3.33. The van der Waals surface area contributed by atoms with E-state index < -0.39 is 6.16 Å². The molecule has 0 aromatic heterocycles. The molecule has 0 amide bonds. The zero-order valence-corrected chi connectivity index (χ0v) is 9.82. The van der Waals surface area contributed by atoms with Gasteiger partial charge in [0.15, 0.2) is 5.75 Å². The molecule has 0 spiro atoms. The van der Waals surface area contributed by atoms with Gasteiger partial charge in [-0.2, -0.15) is 0 Å². The van der Waals surface area contributed by atoms with Gasteiger partial charge in [-0.25, -0.2) is 4.79 Å². The second-order valence-electron chi connectivity index (χ2n) is 3.44. The summed E-state index contributed by atoms with van der Waals surface area (Å²) in [6.07, 6.45) is -1.04. The molecule has 1 N–H and O–H groups in total. The van der Waals surface area contributed by atoms with Crippen LogP contribution in [0.3, 0.4) is 0 Å². The van der Waals surface area contributed by atoms with Crippen molar-refractivity contribution in [3.63, 3.8) is 0 Å². The zero-order chi connectivity index (χ0) is 12.1. The van der Waals surface area contributed by atoms with Crippen LogP contribution in [0.2, 0.25) is 5.02 Å². The SMILES string of the molecule is CC(C)OC(=O)Oc1ccc(CO)cc1Cl. The second kappa shape index (κ2) is 5.72. The molecule has 16 heavy (non-hydrogen) atoms. The minimum atomic E-state index is -0.798. The molecular weight excluding hydrogens is 232 g/mol. The van der Waals surface area contributed by atoms with Crippen molar-refractivity contribution in [2.45, 2.75) is 26.6 Å². The minimum Gasteiger partial charge on any atom is -0.431 e. The average Bonchev–Trinajstić information content (AvgIpc) is 2.19. The molecule has 1 aromatic carbocycles. The highest BCUT2D eigenvalue weighted by molar-refractivity contribution is 6.32. The van der Waals surface area contributed by atoms with Gasteiger partial charge in [0.25, 0.3) is 0 Å². The maximum atomic E-state index is 11.2. The first-order chi connectivity index (χ1) is 7.52. The van der Waals surface area contributed by atoms with Crippen LogP contribution in [-0.2, 0) is 11.3 Å². The molecule has 0 aliphatic carbocycles. The predicted octanol–water partition coefficient (Wildman–Crippen LogP) is 2.76. The lowest BCUT2D eigenvalue weighted by molar-refractivity contribution is 0.0729. The van der Waals surface area contributed by atoms with Crippen molar-refractivity contribution < 1.29 is 19.4 Å². The highest BCUT2D eigenvalue weighted by Gasteiger charge is 2.11. The Morgan fingerprint density at radius 3 is 2.69 bits per heavy atom. The van der Waals surface area contributed by atoms with Gasteiger partial charge in [0.2, 0.25) is 0 Å². The first kappa shape index (κ1) is 12.8. The molecule has 0 atom stereocenters. The number of ether oxygens (including phenoxy) is 2. The number of rotatable bonds is 3. The Kier molecular flexibility index (Phi) is 4.58. The lowest BCUT2D eigenvalue weighted by Gasteiger charge is -2.09. The number of hydrogen-bond donors (Lipinski definition) is 1. The Labute approximate surface area is 98.7 Å². The predicted molar refractivity (Wildman–Crippen MR) is 59.6 cm³/mol. The number of halogens is 1. The average molecular weight is 245 g/mol. The lowest BCUT2D eigenvalue weighted by atomic mass is 10.2. The molecule has 88 valence electrons. The summed E-state index contributed by atoms with van der Waals surface area (Å²) < 4.78 is 9.68. The van der Waals surface area contributed by atoms with Crippen molar-refractivity contribution in [2.75, 3.05) is 0 Å². The normalized spacial score (nSPS) is 10.3. The van der Waals surface area contributed by atoms with Crippen molar-refractivity contribution >= 4 is 17.8 Å². The molecule has 0 unspecified atom stereocenters. The van der Waals surface area contributed by atoms with Crippen LogP contribution in [0, 0.1) is 0 Å². The van der Waals surface area contributed by atoms with Gasteiger partial charge in [-0.05, 0) is 31.5 Å². The fourth-order valence-electron chi connectivity index (χ4n) is 1.03. The van der Waals surface area contributed by atoms with E-state index in [1.54, 1.807) is 19.9 Å². The fraction of sp³-hybridized carbons (Fsp3) is 0.364. The third-order valence-electron chi connectivity index (χ3n) is 1.70. The third-order valence-corrected chi connectivity index (χ3v) is 2.00. The van der Waals surface area contributed by atoms with E-state index >= 15 is 0 Å². The smallest absolute Gasteiger partial charge is 0.431 e. The van der Waals surface area contributed by atoms with Gasteiger partial charge in [0.1, 0.15) is 0 Å². The van der Waals surface area contributed by atoms with Gasteiger partial charge in [-0.15, -0.1) is 0 Å². The van der Waals surface area contributed by atoms with Gasteiger partial charge in [0, 0.05) is 0 Å². The molecule has 0 aliphatic rings. The quantitative estimate of drug-likeness (QED) is 0.656. The van der Waals surface area contributed by atoms with Crippen molar-refractivity contribution in [1.29, 1.82) is 0 Å². The molecule has 0 saturated heterocycles. The van der Waals surface area contributed by atoms with E-state index in [2.05, 4.69) is 0 Å². The van der Waals surface area contributed by atoms with Gasteiger partial charge in [-0.1, -0.05) is 17.7 Å². The van der Waals surface area contributed by atoms with Gasteiger partial charge >= 0.3 is 6.16 Å². The van der Waals surface area contributed by atoms with E-state index in [9.17, 15) is 4.79 Å². The van der Waals surface area contributed by atoms with E-state index in [0.29, 0.717) is 5.56 Å². The van der Waals surface area contributed by atoms with Crippen LogP contribution in [0.25, 0.3) is 0 Å². The molecule has 1 rings (SSSR count). The Morgan fingerprint density at radius 1 is 1.50 bits per heavy atom.